The maximum Gasteiger partial charge on any atom is 0.206 e. The minimum atomic E-state index is -3.76. The van der Waals surface area contributed by atoms with E-state index in [-0.39, 0.29) is 9.79 Å². The summed E-state index contributed by atoms with van der Waals surface area (Å²) in [5.41, 5.74) is 17.1. The monoisotopic (exact) mass is 544 g/mol. The van der Waals surface area contributed by atoms with Gasteiger partial charge in [0.1, 0.15) is 23.0 Å². The van der Waals surface area contributed by atoms with Crippen molar-refractivity contribution in [1.82, 2.24) is 0 Å². The molecule has 0 heterocycles. The first kappa shape index (κ1) is 28.0. The Bertz CT molecular complexity index is 1480. The Morgan fingerprint density at radius 1 is 0.538 bits per heavy atom. The van der Waals surface area contributed by atoms with E-state index >= 15 is 0 Å². The van der Waals surface area contributed by atoms with Gasteiger partial charge in [-0.15, -0.1) is 0 Å². The molecule has 0 amide bonds. The Kier molecular flexibility index (Phi) is 8.51. The molecule has 6 nitrogen and oxygen atoms in total. The second kappa shape index (κ2) is 11.8. The molecule has 0 fully saturated rings. The van der Waals surface area contributed by atoms with Gasteiger partial charge < -0.3 is 20.9 Å². The lowest BCUT2D eigenvalue weighted by molar-refractivity contribution is 0.475. The zero-order valence-electron chi connectivity index (χ0n) is 23.0. The molecule has 0 saturated carbocycles. The highest BCUT2D eigenvalue weighted by Gasteiger charge is 2.21. The number of anilines is 2. The maximum absolute atomic E-state index is 13.6. The number of benzene rings is 4. The summed E-state index contributed by atoms with van der Waals surface area (Å²) in [4.78, 5) is 0.445. The number of nitrogens with two attached hydrogens (primary N) is 2. The van der Waals surface area contributed by atoms with Crippen molar-refractivity contribution in [3.05, 3.63) is 95.1 Å². The van der Waals surface area contributed by atoms with Crippen molar-refractivity contribution < 1.29 is 17.9 Å². The van der Waals surface area contributed by atoms with Crippen LogP contribution < -0.4 is 20.9 Å². The van der Waals surface area contributed by atoms with E-state index in [1.807, 2.05) is 64.1 Å². The quantitative estimate of drug-likeness (QED) is 0.200. The number of rotatable bonds is 10. The first-order valence-electron chi connectivity index (χ1n) is 13.3. The van der Waals surface area contributed by atoms with Gasteiger partial charge in [0, 0.05) is 11.4 Å². The van der Waals surface area contributed by atoms with Crippen molar-refractivity contribution in [1.29, 1.82) is 0 Å². The summed E-state index contributed by atoms with van der Waals surface area (Å²) < 4.78 is 39.5. The fourth-order valence-corrected chi connectivity index (χ4v) is 5.85. The van der Waals surface area contributed by atoms with Crippen LogP contribution in [0.25, 0.3) is 0 Å². The normalized spacial score (nSPS) is 11.4. The van der Waals surface area contributed by atoms with Crippen LogP contribution in [0.2, 0.25) is 0 Å². The predicted molar refractivity (Wildman–Crippen MR) is 158 cm³/mol. The zero-order valence-corrected chi connectivity index (χ0v) is 23.8. The summed E-state index contributed by atoms with van der Waals surface area (Å²) in [7, 11) is -3.76. The Morgan fingerprint density at radius 2 is 0.923 bits per heavy atom. The van der Waals surface area contributed by atoms with Gasteiger partial charge in [0.2, 0.25) is 9.84 Å². The number of nitrogen functional groups attached to an aromatic ring is 2. The van der Waals surface area contributed by atoms with Gasteiger partial charge >= 0.3 is 0 Å². The lowest BCUT2D eigenvalue weighted by Gasteiger charge is -2.15. The molecule has 0 atom stereocenters. The summed E-state index contributed by atoms with van der Waals surface area (Å²) in [6, 6.07) is 21.2. The molecular weight excluding hydrogens is 508 g/mol. The van der Waals surface area contributed by atoms with Gasteiger partial charge in [0.25, 0.3) is 0 Å². The molecule has 39 heavy (non-hydrogen) atoms. The largest absolute Gasteiger partial charge is 0.457 e. The van der Waals surface area contributed by atoms with Crippen molar-refractivity contribution in [3.8, 4) is 23.0 Å². The zero-order chi connectivity index (χ0) is 28.2. The minimum Gasteiger partial charge on any atom is -0.457 e. The number of hydrogen-bond donors (Lipinski definition) is 2. The van der Waals surface area contributed by atoms with Crippen LogP contribution in [0.4, 0.5) is 11.4 Å². The summed E-state index contributed by atoms with van der Waals surface area (Å²) >= 11 is 0. The number of hydrogen-bond acceptors (Lipinski definition) is 6. The van der Waals surface area contributed by atoms with E-state index in [0.29, 0.717) is 35.8 Å². The second-order valence-electron chi connectivity index (χ2n) is 9.38. The van der Waals surface area contributed by atoms with Crippen molar-refractivity contribution >= 4 is 21.2 Å². The Hall–Kier alpha value is -3.97. The SMILES string of the molecule is CCc1cc(Oc2ccc(S(=O)(=O)c3ccc(Oc4ccc(N)c(CC)c4)c(CC)c3)cc2CC)ccc1N. The van der Waals surface area contributed by atoms with Crippen LogP contribution in [-0.2, 0) is 35.5 Å². The molecule has 0 aromatic heterocycles. The summed E-state index contributed by atoms with van der Waals surface area (Å²) in [5.74, 6) is 2.58. The van der Waals surface area contributed by atoms with E-state index in [2.05, 4.69) is 0 Å². The Balaban J connectivity index is 1.62. The maximum atomic E-state index is 13.6. The third-order valence-corrected chi connectivity index (χ3v) is 8.64. The highest BCUT2D eigenvalue weighted by molar-refractivity contribution is 7.91. The van der Waals surface area contributed by atoms with Crippen molar-refractivity contribution in [3.63, 3.8) is 0 Å². The van der Waals surface area contributed by atoms with Gasteiger partial charge in [0.15, 0.2) is 0 Å². The van der Waals surface area contributed by atoms with Crippen molar-refractivity contribution in [2.45, 2.75) is 63.2 Å². The van der Waals surface area contributed by atoms with E-state index in [0.717, 1.165) is 46.5 Å². The van der Waals surface area contributed by atoms with Crippen LogP contribution >= 0.6 is 0 Å². The summed E-state index contributed by atoms with van der Waals surface area (Å²) in [6.45, 7) is 8.02. The average molecular weight is 545 g/mol. The van der Waals surface area contributed by atoms with Crippen LogP contribution in [0.15, 0.2) is 82.6 Å². The third-order valence-electron chi connectivity index (χ3n) is 6.89. The van der Waals surface area contributed by atoms with E-state index in [1.54, 1.807) is 36.4 Å². The Labute approximate surface area is 231 Å². The van der Waals surface area contributed by atoms with E-state index in [1.165, 1.54) is 0 Å². The van der Waals surface area contributed by atoms with Gasteiger partial charge in [-0.3, -0.25) is 0 Å². The molecule has 4 aromatic carbocycles. The lowest BCUT2D eigenvalue weighted by atomic mass is 10.1. The van der Waals surface area contributed by atoms with Gasteiger partial charge in [-0.1, -0.05) is 27.7 Å². The molecule has 4 rings (SSSR count). The fourth-order valence-electron chi connectivity index (χ4n) is 4.49. The minimum absolute atomic E-state index is 0.222. The first-order valence-corrected chi connectivity index (χ1v) is 14.8. The van der Waals surface area contributed by atoms with Gasteiger partial charge in [-0.05, 0) is 121 Å². The molecule has 0 radical (unpaired) electrons. The Morgan fingerprint density at radius 3 is 1.28 bits per heavy atom. The third kappa shape index (κ3) is 6.04. The fraction of sp³-hybridized carbons (Fsp3) is 0.250. The number of aryl methyl sites for hydroxylation is 4. The van der Waals surface area contributed by atoms with Crippen LogP contribution in [0.3, 0.4) is 0 Å². The molecule has 0 bridgehead atoms. The lowest BCUT2D eigenvalue weighted by Crippen LogP contribution is -2.05. The second-order valence-corrected chi connectivity index (χ2v) is 11.3. The standard InChI is InChI=1S/C32H36N2O4S/c1-5-21-17-25(9-13-29(21)33)37-31-15-11-27(19-23(31)7-3)39(35,36)28-12-16-32(24(8-4)20-28)38-26-10-14-30(34)22(6-2)18-26/h9-20H,5-8,33-34H2,1-4H3. The molecule has 0 aliphatic rings. The topological polar surface area (TPSA) is 105 Å². The summed E-state index contributed by atoms with van der Waals surface area (Å²) in [6.07, 6.45) is 2.82. The summed E-state index contributed by atoms with van der Waals surface area (Å²) in [5, 5.41) is 0. The van der Waals surface area contributed by atoms with Gasteiger partial charge in [-0.25, -0.2) is 8.42 Å². The number of ether oxygens (including phenoxy) is 2. The molecule has 7 heteroatoms. The van der Waals surface area contributed by atoms with Gasteiger partial charge in [-0.2, -0.15) is 0 Å². The van der Waals surface area contributed by atoms with Crippen LogP contribution in [-0.4, -0.2) is 8.42 Å². The van der Waals surface area contributed by atoms with Crippen molar-refractivity contribution in [2.75, 3.05) is 11.5 Å². The predicted octanol–water partition coefficient (Wildman–Crippen LogP) is 7.52. The molecular formula is C32H36N2O4S. The highest BCUT2D eigenvalue weighted by Crippen LogP contribution is 2.34. The van der Waals surface area contributed by atoms with Crippen molar-refractivity contribution in [2.24, 2.45) is 0 Å². The van der Waals surface area contributed by atoms with Gasteiger partial charge in [0.05, 0.1) is 9.79 Å². The molecule has 0 spiro atoms. The number of sulfone groups is 1. The average Bonchev–Trinajstić information content (AvgIpc) is 2.95. The van der Waals surface area contributed by atoms with E-state index in [9.17, 15) is 8.42 Å². The van der Waals surface area contributed by atoms with E-state index < -0.39 is 9.84 Å². The first-order chi connectivity index (χ1) is 18.7. The molecule has 0 aliphatic heterocycles. The van der Waals surface area contributed by atoms with Crippen LogP contribution in [0.1, 0.15) is 49.9 Å². The molecule has 4 N–H and O–H groups in total. The smallest absolute Gasteiger partial charge is 0.206 e. The van der Waals surface area contributed by atoms with Crippen LogP contribution in [0.5, 0.6) is 23.0 Å². The molecule has 0 unspecified atom stereocenters. The molecule has 204 valence electrons. The molecule has 4 aromatic rings. The van der Waals surface area contributed by atoms with E-state index in [4.69, 9.17) is 20.9 Å². The van der Waals surface area contributed by atoms with Crippen LogP contribution in [0, 0.1) is 0 Å². The highest BCUT2D eigenvalue weighted by atomic mass is 32.2. The molecule has 0 aliphatic carbocycles. The molecule has 0 saturated heterocycles.